The topological polar surface area (TPSA) is 61.9 Å². The molecule has 32 heavy (non-hydrogen) atoms. The van der Waals surface area contributed by atoms with Crippen LogP contribution in [0.2, 0.25) is 0 Å². The molecule has 158 valence electrons. The van der Waals surface area contributed by atoms with Crippen molar-refractivity contribution in [1.29, 1.82) is 5.26 Å². The fraction of sp³-hybridized carbons (Fsp3) is 0.148. The lowest BCUT2D eigenvalue weighted by Gasteiger charge is -2.17. The van der Waals surface area contributed by atoms with Gasteiger partial charge in [0.25, 0.3) is 0 Å². The van der Waals surface area contributed by atoms with E-state index in [1.807, 2.05) is 90.7 Å². The number of carbonyl (C=O) groups is 1. The number of nitriles is 1. The monoisotopic (exact) mass is 420 g/mol. The second-order valence-electron chi connectivity index (χ2n) is 7.71. The summed E-state index contributed by atoms with van der Waals surface area (Å²) in [7, 11) is 1.83. The van der Waals surface area contributed by atoms with Crippen LogP contribution in [0, 0.1) is 11.3 Å². The maximum Gasteiger partial charge on any atom is 0.222 e. The SMILES string of the molecule is CN(Cc1cn(-c2ccccc2)nc1-c1ccccc1)C(=O)CCc1ccc(C#N)cc1. The molecule has 4 aromatic rings. The number of carbonyl (C=O) groups excluding carboxylic acids is 1. The summed E-state index contributed by atoms with van der Waals surface area (Å²) in [4.78, 5) is 14.6. The molecule has 0 aliphatic rings. The highest BCUT2D eigenvalue weighted by Crippen LogP contribution is 2.25. The van der Waals surface area contributed by atoms with Gasteiger partial charge in [-0.1, -0.05) is 60.7 Å². The van der Waals surface area contributed by atoms with Gasteiger partial charge in [-0.05, 0) is 36.2 Å². The zero-order chi connectivity index (χ0) is 22.3. The second-order valence-corrected chi connectivity index (χ2v) is 7.71. The number of aryl methyl sites for hydroxylation is 1. The Kier molecular flexibility index (Phi) is 6.43. The van der Waals surface area contributed by atoms with Gasteiger partial charge >= 0.3 is 0 Å². The average molecular weight is 421 g/mol. The minimum Gasteiger partial charge on any atom is -0.341 e. The van der Waals surface area contributed by atoms with Gasteiger partial charge in [0.05, 0.1) is 23.0 Å². The maximum absolute atomic E-state index is 12.8. The van der Waals surface area contributed by atoms with E-state index in [9.17, 15) is 4.79 Å². The Morgan fingerprint density at radius 3 is 2.28 bits per heavy atom. The minimum atomic E-state index is 0.0702. The fourth-order valence-corrected chi connectivity index (χ4v) is 3.61. The van der Waals surface area contributed by atoms with Gasteiger partial charge < -0.3 is 4.90 Å². The van der Waals surface area contributed by atoms with E-state index in [-0.39, 0.29) is 5.91 Å². The summed E-state index contributed by atoms with van der Waals surface area (Å²) in [6.45, 7) is 0.475. The van der Waals surface area contributed by atoms with Crippen molar-refractivity contribution in [3.05, 3.63) is 108 Å². The third-order valence-corrected chi connectivity index (χ3v) is 5.40. The summed E-state index contributed by atoms with van der Waals surface area (Å²) in [5, 5.41) is 13.7. The average Bonchev–Trinajstić information content (AvgIpc) is 3.27. The molecule has 0 saturated heterocycles. The van der Waals surface area contributed by atoms with Crippen molar-refractivity contribution in [3.8, 4) is 23.0 Å². The number of hydrogen-bond acceptors (Lipinski definition) is 3. The van der Waals surface area contributed by atoms with Crippen molar-refractivity contribution in [3.63, 3.8) is 0 Å². The van der Waals surface area contributed by atoms with Crippen LogP contribution in [0.1, 0.15) is 23.1 Å². The summed E-state index contributed by atoms with van der Waals surface area (Å²) < 4.78 is 1.87. The minimum absolute atomic E-state index is 0.0702. The smallest absolute Gasteiger partial charge is 0.222 e. The van der Waals surface area contributed by atoms with Crippen LogP contribution in [0.25, 0.3) is 16.9 Å². The first-order valence-electron chi connectivity index (χ1n) is 10.6. The first-order chi connectivity index (χ1) is 15.6. The van der Waals surface area contributed by atoms with Crippen molar-refractivity contribution < 1.29 is 4.79 Å². The second kappa shape index (κ2) is 9.76. The van der Waals surface area contributed by atoms with Crippen molar-refractivity contribution in [2.75, 3.05) is 7.05 Å². The van der Waals surface area contributed by atoms with Crippen LogP contribution in [-0.4, -0.2) is 27.6 Å². The molecule has 0 aliphatic carbocycles. The summed E-state index contributed by atoms with van der Waals surface area (Å²) in [5.41, 5.74) is 5.55. The number of rotatable bonds is 7. The van der Waals surface area contributed by atoms with Crippen molar-refractivity contribution in [1.82, 2.24) is 14.7 Å². The number of para-hydroxylation sites is 1. The molecule has 0 aliphatic heterocycles. The van der Waals surface area contributed by atoms with Gasteiger partial charge in [-0.25, -0.2) is 4.68 Å². The highest BCUT2D eigenvalue weighted by Gasteiger charge is 2.17. The lowest BCUT2D eigenvalue weighted by atomic mass is 10.1. The summed E-state index contributed by atoms with van der Waals surface area (Å²) >= 11 is 0. The molecule has 0 bridgehead atoms. The Balaban J connectivity index is 1.51. The summed E-state index contributed by atoms with van der Waals surface area (Å²) in [6, 6.07) is 29.5. The molecule has 0 N–H and O–H groups in total. The highest BCUT2D eigenvalue weighted by atomic mass is 16.2. The molecule has 5 heteroatoms. The molecule has 5 nitrogen and oxygen atoms in total. The number of hydrogen-bond donors (Lipinski definition) is 0. The Morgan fingerprint density at radius 1 is 0.969 bits per heavy atom. The predicted molar refractivity (Wildman–Crippen MR) is 125 cm³/mol. The number of amides is 1. The van der Waals surface area contributed by atoms with Crippen LogP contribution in [0.15, 0.2) is 91.1 Å². The van der Waals surface area contributed by atoms with Gasteiger partial charge in [-0.15, -0.1) is 0 Å². The molecule has 0 spiro atoms. The normalized spacial score (nSPS) is 10.5. The molecular weight excluding hydrogens is 396 g/mol. The van der Waals surface area contributed by atoms with Gasteiger partial charge in [0, 0.05) is 37.3 Å². The largest absolute Gasteiger partial charge is 0.341 e. The Hall–Kier alpha value is -4.17. The summed E-state index contributed by atoms with van der Waals surface area (Å²) in [5.74, 6) is 0.0702. The third-order valence-electron chi connectivity index (χ3n) is 5.40. The van der Waals surface area contributed by atoms with E-state index in [0.717, 1.165) is 28.1 Å². The molecule has 4 rings (SSSR count). The van der Waals surface area contributed by atoms with E-state index in [4.69, 9.17) is 10.4 Å². The Morgan fingerprint density at radius 2 is 1.62 bits per heavy atom. The van der Waals surface area contributed by atoms with E-state index in [1.165, 1.54) is 0 Å². The molecule has 0 fully saturated rings. The Bertz CT molecular complexity index is 1220. The molecule has 0 saturated carbocycles. The van der Waals surface area contributed by atoms with Crippen LogP contribution < -0.4 is 0 Å². The third kappa shape index (κ3) is 4.93. The molecule has 3 aromatic carbocycles. The van der Waals surface area contributed by atoms with E-state index >= 15 is 0 Å². The van der Waals surface area contributed by atoms with Crippen LogP contribution in [-0.2, 0) is 17.8 Å². The predicted octanol–water partition coefficient (Wildman–Crippen LogP) is 5.00. The molecular formula is C27H24N4O. The molecule has 0 unspecified atom stereocenters. The highest BCUT2D eigenvalue weighted by molar-refractivity contribution is 5.76. The first kappa shape index (κ1) is 21.1. The lowest BCUT2D eigenvalue weighted by Crippen LogP contribution is -2.26. The molecule has 0 atom stereocenters. The van der Waals surface area contributed by atoms with Crippen molar-refractivity contribution >= 4 is 5.91 Å². The van der Waals surface area contributed by atoms with Crippen LogP contribution >= 0.6 is 0 Å². The van der Waals surface area contributed by atoms with E-state index in [1.54, 1.807) is 17.0 Å². The number of aromatic nitrogens is 2. The van der Waals surface area contributed by atoms with Gasteiger partial charge in [-0.2, -0.15) is 10.4 Å². The van der Waals surface area contributed by atoms with Gasteiger partial charge in [0.1, 0.15) is 0 Å². The van der Waals surface area contributed by atoms with Gasteiger partial charge in [0.15, 0.2) is 0 Å². The van der Waals surface area contributed by atoms with E-state index in [2.05, 4.69) is 6.07 Å². The molecule has 1 amide bonds. The molecule has 1 aromatic heterocycles. The number of nitrogens with zero attached hydrogens (tertiary/aromatic N) is 4. The lowest BCUT2D eigenvalue weighted by molar-refractivity contribution is -0.130. The fourth-order valence-electron chi connectivity index (χ4n) is 3.61. The standard InChI is InChI=1S/C27H24N4O/c1-30(26(32)17-16-21-12-14-22(18-28)15-13-21)19-24-20-31(25-10-6-3-7-11-25)29-27(24)23-8-4-2-5-9-23/h2-15,20H,16-17,19H2,1H3. The summed E-state index contributed by atoms with van der Waals surface area (Å²) in [6.07, 6.45) is 3.06. The molecule has 1 heterocycles. The first-order valence-corrected chi connectivity index (χ1v) is 10.6. The zero-order valence-electron chi connectivity index (χ0n) is 18.0. The van der Waals surface area contributed by atoms with Gasteiger partial charge in [-0.3, -0.25) is 4.79 Å². The van der Waals surface area contributed by atoms with Crippen LogP contribution in [0.5, 0.6) is 0 Å². The van der Waals surface area contributed by atoms with Crippen LogP contribution in [0.4, 0.5) is 0 Å². The number of benzene rings is 3. The van der Waals surface area contributed by atoms with E-state index in [0.29, 0.717) is 24.9 Å². The quantitative estimate of drug-likeness (QED) is 0.423. The van der Waals surface area contributed by atoms with Crippen molar-refractivity contribution in [2.24, 2.45) is 0 Å². The maximum atomic E-state index is 12.8. The van der Waals surface area contributed by atoms with E-state index < -0.39 is 0 Å². The van der Waals surface area contributed by atoms with Gasteiger partial charge in [0.2, 0.25) is 5.91 Å². The molecule has 0 radical (unpaired) electrons. The zero-order valence-corrected chi connectivity index (χ0v) is 18.0. The van der Waals surface area contributed by atoms with Crippen LogP contribution in [0.3, 0.4) is 0 Å². The Labute approximate surface area is 188 Å². The van der Waals surface area contributed by atoms with Crippen molar-refractivity contribution in [2.45, 2.75) is 19.4 Å².